The first-order chi connectivity index (χ1) is 11.7. The molecule has 0 radical (unpaired) electrons. The van der Waals surface area contributed by atoms with E-state index in [-0.39, 0.29) is 5.97 Å². The fraction of sp³-hybridized carbons (Fsp3) is 0.682. The lowest BCUT2D eigenvalue weighted by Gasteiger charge is -2.14. The smallest absolute Gasteiger partial charge is 0.333 e. The highest BCUT2D eigenvalue weighted by molar-refractivity contribution is 5.87. The van der Waals surface area contributed by atoms with Crippen molar-refractivity contribution in [3.05, 3.63) is 36.5 Å². The van der Waals surface area contributed by atoms with Crippen LogP contribution in [0.2, 0.25) is 0 Å². The molecule has 0 aliphatic heterocycles. The molecule has 1 fully saturated rings. The molecule has 1 aliphatic carbocycles. The molecule has 0 bridgehead atoms. The minimum atomic E-state index is -0.289. The Labute approximate surface area is 149 Å². The van der Waals surface area contributed by atoms with Crippen molar-refractivity contribution in [2.75, 3.05) is 7.11 Å². The molecule has 0 heterocycles. The van der Waals surface area contributed by atoms with E-state index in [0.717, 1.165) is 24.7 Å². The summed E-state index contributed by atoms with van der Waals surface area (Å²) in [6.07, 6.45) is 22.8. The number of carbonyl (C=O) groups excluding carboxylic acids is 1. The van der Waals surface area contributed by atoms with Gasteiger partial charge < -0.3 is 4.74 Å². The second-order valence-corrected chi connectivity index (χ2v) is 6.97. The Hall–Kier alpha value is -1.31. The minimum absolute atomic E-state index is 0.289. The molecule has 1 rings (SSSR count). The maximum absolute atomic E-state index is 11.3. The number of carbonyl (C=O) groups is 1. The summed E-state index contributed by atoms with van der Waals surface area (Å²) < 4.78 is 4.66. The Bertz CT molecular complexity index is 420. The van der Waals surface area contributed by atoms with Gasteiger partial charge in [-0.3, -0.25) is 0 Å². The number of hydrogen-bond donors (Lipinski definition) is 0. The van der Waals surface area contributed by atoms with E-state index in [1.54, 1.807) is 0 Å². The van der Waals surface area contributed by atoms with Crippen LogP contribution in [0.4, 0.5) is 0 Å². The molecular formula is C22H36O2. The van der Waals surface area contributed by atoms with Crippen molar-refractivity contribution in [3.8, 4) is 0 Å². The predicted molar refractivity (Wildman–Crippen MR) is 103 cm³/mol. The van der Waals surface area contributed by atoms with Gasteiger partial charge in [0.2, 0.25) is 0 Å². The second kappa shape index (κ2) is 13.0. The van der Waals surface area contributed by atoms with Gasteiger partial charge in [-0.25, -0.2) is 4.79 Å². The highest BCUT2D eigenvalue weighted by Gasteiger charge is 2.23. The van der Waals surface area contributed by atoms with Crippen LogP contribution in [0.3, 0.4) is 0 Å². The Morgan fingerprint density at radius 1 is 1.12 bits per heavy atom. The van der Waals surface area contributed by atoms with Gasteiger partial charge in [0.15, 0.2) is 0 Å². The second-order valence-electron chi connectivity index (χ2n) is 6.97. The van der Waals surface area contributed by atoms with Crippen LogP contribution >= 0.6 is 0 Å². The normalized spacial score (nSPS) is 20.9. The predicted octanol–water partition coefficient (Wildman–Crippen LogP) is 6.39. The van der Waals surface area contributed by atoms with Crippen molar-refractivity contribution in [1.82, 2.24) is 0 Å². The molecule has 1 saturated carbocycles. The van der Waals surface area contributed by atoms with Gasteiger partial charge in [-0.05, 0) is 56.8 Å². The van der Waals surface area contributed by atoms with E-state index >= 15 is 0 Å². The maximum atomic E-state index is 11.3. The quantitative estimate of drug-likeness (QED) is 0.179. The van der Waals surface area contributed by atoms with Crippen LogP contribution in [0, 0.1) is 11.8 Å². The van der Waals surface area contributed by atoms with Crippen LogP contribution in [-0.4, -0.2) is 13.1 Å². The van der Waals surface area contributed by atoms with Crippen LogP contribution < -0.4 is 0 Å². The Balaban J connectivity index is 2.21. The van der Waals surface area contributed by atoms with Crippen molar-refractivity contribution in [2.45, 2.75) is 77.6 Å². The average molecular weight is 333 g/mol. The molecule has 0 N–H and O–H groups in total. The third-order valence-electron chi connectivity index (χ3n) is 5.02. The fourth-order valence-corrected chi connectivity index (χ4v) is 3.46. The molecule has 0 unspecified atom stereocenters. The van der Waals surface area contributed by atoms with Crippen molar-refractivity contribution in [2.24, 2.45) is 11.8 Å². The lowest BCUT2D eigenvalue weighted by atomic mass is 9.92. The number of methoxy groups -OCH3 is 1. The summed E-state index contributed by atoms with van der Waals surface area (Å²) >= 11 is 0. The fourth-order valence-electron chi connectivity index (χ4n) is 3.46. The first kappa shape index (κ1) is 20.7. The van der Waals surface area contributed by atoms with Crippen molar-refractivity contribution < 1.29 is 9.53 Å². The van der Waals surface area contributed by atoms with E-state index in [2.05, 4.69) is 42.5 Å². The molecule has 24 heavy (non-hydrogen) atoms. The Morgan fingerprint density at radius 2 is 1.96 bits per heavy atom. The molecule has 2 heteroatoms. The molecule has 2 nitrogen and oxygen atoms in total. The molecule has 0 saturated heterocycles. The lowest BCUT2D eigenvalue weighted by molar-refractivity contribution is -0.136. The van der Waals surface area contributed by atoms with Crippen LogP contribution in [0.1, 0.15) is 77.6 Å². The third-order valence-corrected chi connectivity index (χ3v) is 5.02. The van der Waals surface area contributed by atoms with Gasteiger partial charge >= 0.3 is 5.97 Å². The number of esters is 1. The van der Waals surface area contributed by atoms with Gasteiger partial charge in [0.25, 0.3) is 0 Å². The number of ether oxygens (including phenoxy) is 1. The summed E-state index contributed by atoms with van der Waals surface area (Å²) in [4.78, 5) is 11.3. The van der Waals surface area contributed by atoms with E-state index in [9.17, 15) is 4.79 Å². The summed E-state index contributed by atoms with van der Waals surface area (Å²) in [7, 11) is 1.40. The number of hydrogen-bond acceptors (Lipinski definition) is 2. The average Bonchev–Trinajstić information content (AvgIpc) is 3.04. The summed E-state index contributed by atoms with van der Waals surface area (Å²) in [5.41, 5.74) is 0.562. The van der Waals surface area contributed by atoms with Gasteiger partial charge in [0.05, 0.1) is 7.11 Å². The van der Waals surface area contributed by atoms with Crippen LogP contribution in [0.5, 0.6) is 0 Å². The van der Waals surface area contributed by atoms with Gasteiger partial charge in [-0.15, -0.1) is 0 Å². The zero-order valence-corrected chi connectivity index (χ0v) is 15.8. The standard InChI is InChI=1S/C22H36O2/c1-4-5-6-7-8-11-15-20-17-13-18-21(20)16-12-9-10-14-19(2)22(23)24-3/h9,11-12,15,20-21H,2,4-8,10,13-14,16-18H2,1,3H3/t20-,21-/m0/s1. The molecule has 0 amide bonds. The molecule has 136 valence electrons. The van der Waals surface area contributed by atoms with Crippen molar-refractivity contribution >= 4 is 5.97 Å². The van der Waals surface area contributed by atoms with E-state index in [1.807, 2.05) is 0 Å². The summed E-state index contributed by atoms with van der Waals surface area (Å²) in [6.45, 7) is 6.02. The molecule has 1 aliphatic rings. The number of allylic oxidation sites excluding steroid dienone is 4. The topological polar surface area (TPSA) is 26.3 Å². The van der Waals surface area contributed by atoms with E-state index in [0.29, 0.717) is 12.0 Å². The molecule has 0 spiro atoms. The summed E-state index contributed by atoms with van der Waals surface area (Å²) in [6, 6.07) is 0. The first-order valence-corrected chi connectivity index (χ1v) is 9.76. The Kier molecular flexibility index (Phi) is 11.3. The van der Waals surface area contributed by atoms with Crippen LogP contribution in [-0.2, 0) is 9.53 Å². The Morgan fingerprint density at radius 3 is 2.71 bits per heavy atom. The zero-order valence-electron chi connectivity index (χ0n) is 15.8. The molecule has 0 aromatic heterocycles. The van der Waals surface area contributed by atoms with E-state index in [4.69, 9.17) is 0 Å². The van der Waals surface area contributed by atoms with E-state index < -0.39 is 0 Å². The van der Waals surface area contributed by atoms with Gasteiger partial charge in [0.1, 0.15) is 0 Å². The molecule has 2 atom stereocenters. The highest BCUT2D eigenvalue weighted by Crippen LogP contribution is 2.35. The van der Waals surface area contributed by atoms with E-state index in [1.165, 1.54) is 58.5 Å². The molecular weight excluding hydrogens is 296 g/mol. The van der Waals surface area contributed by atoms with Crippen LogP contribution in [0.25, 0.3) is 0 Å². The van der Waals surface area contributed by atoms with Gasteiger partial charge in [-0.2, -0.15) is 0 Å². The number of unbranched alkanes of at least 4 members (excludes halogenated alkanes) is 4. The van der Waals surface area contributed by atoms with Crippen molar-refractivity contribution in [1.29, 1.82) is 0 Å². The lowest BCUT2D eigenvalue weighted by Crippen LogP contribution is -2.04. The summed E-state index contributed by atoms with van der Waals surface area (Å²) in [5, 5.41) is 0. The minimum Gasteiger partial charge on any atom is -0.466 e. The SMILES string of the molecule is C=C(CCC=CC[C@H]1CCC[C@@H]1C=CCCCCCC)C(=O)OC. The van der Waals surface area contributed by atoms with Crippen molar-refractivity contribution in [3.63, 3.8) is 0 Å². The van der Waals surface area contributed by atoms with Gasteiger partial charge in [0, 0.05) is 5.57 Å². The largest absolute Gasteiger partial charge is 0.466 e. The van der Waals surface area contributed by atoms with Gasteiger partial charge in [-0.1, -0.05) is 63.5 Å². The third kappa shape index (κ3) is 8.52. The molecule has 0 aromatic rings. The first-order valence-electron chi connectivity index (χ1n) is 9.76. The monoisotopic (exact) mass is 332 g/mol. The highest BCUT2D eigenvalue weighted by atomic mass is 16.5. The maximum Gasteiger partial charge on any atom is 0.333 e. The zero-order chi connectivity index (χ0) is 17.6. The summed E-state index contributed by atoms with van der Waals surface area (Å²) in [5.74, 6) is 1.28. The number of rotatable bonds is 12. The van der Waals surface area contributed by atoms with Crippen LogP contribution in [0.15, 0.2) is 36.5 Å². The molecule has 0 aromatic carbocycles.